The molecule has 0 fully saturated rings. The Bertz CT molecular complexity index is 715. The summed E-state index contributed by atoms with van der Waals surface area (Å²) in [6.07, 6.45) is 0.840. The smallest absolute Gasteiger partial charge is 0.251 e. The molecule has 2 nitrogen and oxygen atoms in total. The second-order valence-corrected chi connectivity index (χ2v) is 6.23. The van der Waals surface area contributed by atoms with Gasteiger partial charge in [-0.3, -0.25) is 4.79 Å². The van der Waals surface area contributed by atoms with Gasteiger partial charge in [-0.1, -0.05) is 35.3 Å². The van der Waals surface area contributed by atoms with Crippen LogP contribution in [0.1, 0.15) is 32.4 Å². The van der Waals surface area contributed by atoms with Gasteiger partial charge in [0.15, 0.2) is 0 Å². The van der Waals surface area contributed by atoms with Gasteiger partial charge in [0.1, 0.15) is 0 Å². The first kappa shape index (κ1) is 14.7. The van der Waals surface area contributed by atoms with Crippen molar-refractivity contribution in [3.8, 4) is 0 Å². The van der Waals surface area contributed by atoms with Crippen LogP contribution >= 0.6 is 34.8 Å². The zero-order chi connectivity index (χ0) is 15.0. The largest absolute Gasteiger partial charge is 0.352 e. The number of rotatable bonds is 2. The van der Waals surface area contributed by atoms with Crippen LogP contribution in [0.4, 0.5) is 0 Å². The number of alkyl halides is 1. The molecule has 1 N–H and O–H groups in total. The highest BCUT2D eigenvalue weighted by atomic mass is 35.5. The van der Waals surface area contributed by atoms with Crippen molar-refractivity contribution in [3.63, 3.8) is 0 Å². The second-order valence-electron chi connectivity index (χ2n) is 4.95. The zero-order valence-corrected chi connectivity index (χ0v) is 13.3. The molecule has 0 bridgehead atoms. The van der Waals surface area contributed by atoms with Gasteiger partial charge in [-0.25, -0.2) is 0 Å². The van der Waals surface area contributed by atoms with E-state index in [1.807, 2.05) is 18.2 Å². The molecule has 108 valence electrons. The van der Waals surface area contributed by atoms with Crippen molar-refractivity contribution >= 4 is 40.7 Å². The predicted octanol–water partition coefficient (Wildman–Crippen LogP) is 4.61. The van der Waals surface area contributed by atoms with E-state index in [0.29, 0.717) is 22.2 Å². The Hall–Kier alpha value is -1.22. The van der Waals surface area contributed by atoms with Crippen molar-refractivity contribution in [1.82, 2.24) is 5.32 Å². The van der Waals surface area contributed by atoms with E-state index in [4.69, 9.17) is 34.8 Å². The van der Waals surface area contributed by atoms with E-state index >= 15 is 0 Å². The number of hydrogen-bond acceptors (Lipinski definition) is 1. The van der Waals surface area contributed by atoms with Crippen LogP contribution in [-0.2, 0) is 6.42 Å². The molecule has 0 aromatic heterocycles. The number of amides is 1. The van der Waals surface area contributed by atoms with Crippen LogP contribution in [0.15, 0.2) is 36.4 Å². The van der Waals surface area contributed by atoms with Crippen LogP contribution in [0, 0.1) is 0 Å². The summed E-state index contributed by atoms with van der Waals surface area (Å²) in [5.74, 6) is -0.0563. The highest BCUT2D eigenvalue weighted by Gasteiger charge is 2.20. The molecule has 0 saturated carbocycles. The summed E-state index contributed by atoms with van der Waals surface area (Å²) in [6, 6.07) is 10.9. The standard InChI is InChI=1S/C16H12Cl3NO/c17-11-3-4-14(18)13(8-11)15(19)10-2-1-9-5-6-20-16(21)12(9)7-10/h1-4,7-8,15H,5-6H2,(H,20,21). The number of nitrogens with one attached hydrogen (secondary N) is 1. The summed E-state index contributed by atoms with van der Waals surface area (Å²) in [5.41, 5.74) is 3.30. The molecule has 0 aliphatic carbocycles. The Morgan fingerprint density at radius 1 is 1.10 bits per heavy atom. The number of fused-ring (bicyclic) bond motifs is 1. The van der Waals surface area contributed by atoms with E-state index in [1.165, 1.54) is 0 Å². The molecule has 0 spiro atoms. The monoisotopic (exact) mass is 339 g/mol. The van der Waals surface area contributed by atoms with Gasteiger partial charge in [0.2, 0.25) is 0 Å². The van der Waals surface area contributed by atoms with E-state index in [1.54, 1.807) is 18.2 Å². The quantitative estimate of drug-likeness (QED) is 0.795. The lowest BCUT2D eigenvalue weighted by Crippen LogP contribution is -2.31. The minimum absolute atomic E-state index is 0.0563. The highest BCUT2D eigenvalue weighted by molar-refractivity contribution is 6.35. The minimum atomic E-state index is -0.448. The third-order valence-corrected chi connectivity index (χ3v) is 4.65. The molecule has 5 heteroatoms. The second kappa shape index (κ2) is 5.88. The molecule has 3 rings (SSSR count). The first-order valence-electron chi connectivity index (χ1n) is 6.56. The van der Waals surface area contributed by atoms with Gasteiger partial charge in [0, 0.05) is 22.2 Å². The molecule has 2 aromatic carbocycles. The van der Waals surface area contributed by atoms with Gasteiger partial charge in [0.25, 0.3) is 5.91 Å². The highest BCUT2D eigenvalue weighted by Crippen LogP contribution is 2.36. The van der Waals surface area contributed by atoms with Gasteiger partial charge in [-0.05, 0) is 47.4 Å². The topological polar surface area (TPSA) is 29.1 Å². The third-order valence-electron chi connectivity index (χ3n) is 3.58. The van der Waals surface area contributed by atoms with E-state index in [-0.39, 0.29) is 5.91 Å². The Morgan fingerprint density at radius 2 is 1.90 bits per heavy atom. The summed E-state index contributed by atoms with van der Waals surface area (Å²) in [5, 5.41) is 3.52. The summed E-state index contributed by atoms with van der Waals surface area (Å²) < 4.78 is 0. The van der Waals surface area contributed by atoms with Crippen molar-refractivity contribution in [1.29, 1.82) is 0 Å². The molecule has 1 aliphatic rings. The molecular formula is C16H12Cl3NO. The molecule has 0 saturated heterocycles. The lowest BCUT2D eigenvalue weighted by molar-refractivity contribution is 0.0946. The average Bonchev–Trinajstić information content (AvgIpc) is 2.49. The minimum Gasteiger partial charge on any atom is -0.352 e. The van der Waals surface area contributed by atoms with Gasteiger partial charge in [-0.2, -0.15) is 0 Å². The molecule has 1 amide bonds. The fourth-order valence-corrected chi connectivity index (χ4v) is 3.25. The van der Waals surface area contributed by atoms with E-state index < -0.39 is 5.38 Å². The first-order chi connectivity index (χ1) is 10.1. The van der Waals surface area contributed by atoms with E-state index in [0.717, 1.165) is 23.1 Å². The summed E-state index contributed by atoms with van der Waals surface area (Å²) >= 11 is 18.7. The van der Waals surface area contributed by atoms with Crippen LogP contribution in [-0.4, -0.2) is 12.5 Å². The predicted molar refractivity (Wildman–Crippen MR) is 86.6 cm³/mol. The molecule has 2 aromatic rings. The summed E-state index contributed by atoms with van der Waals surface area (Å²) in [4.78, 5) is 11.9. The van der Waals surface area contributed by atoms with Crippen LogP contribution in [0.2, 0.25) is 10.0 Å². The summed E-state index contributed by atoms with van der Waals surface area (Å²) in [7, 11) is 0. The number of halogens is 3. The lowest BCUT2D eigenvalue weighted by Gasteiger charge is -2.19. The Balaban J connectivity index is 2.02. The number of benzene rings is 2. The van der Waals surface area contributed by atoms with E-state index in [9.17, 15) is 4.79 Å². The van der Waals surface area contributed by atoms with Gasteiger partial charge >= 0.3 is 0 Å². The van der Waals surface area contributed by atoms with Crippen molar-refractivity contribution in [2.45, 2.75) is 11.8 Å². The maximum atomic E-state index is 11.9. The van der Waals surface area contributed by atoms with Crippen molar-refractivity contribution in [2.24, 2.45) is 0 Å². The molecule has 0 radical (unpaired) electrons. The number of carbonyl (C=O) groups is 1. The third kappa shape index (κ3) is 2.89. The van der Waals surface area contributed by atoms with Crippen molar-refractivity contribution in [2.75, 3.05) is 6.54 Å². The molecule has 1 atom stereocenters. The molecule has 21 heavy (non-hydrogen) atoms. The van der Waals surface area contributed by atoms with Crippen LogP contribution in [0.5, 0.6) is 0 Å². The first-order valence-corrected chi connectivity index (χ1v) is 7.75. The number of hydrogen-bond donors (Lipinski definition) is 1. The van der Waals surface area contributed by atoms with Crippen molar-refractivity contribution in [3.05, 3.63) is 68.7 Å². The fraction of sp³-hybridized carbons (Fsp3) is 0.188. The Morgan fingerprint density at radius 3 is 2.71 bits per heavy atom. The maximum absolute atomic E-state index is 11.9. The molecular weight excluding hydrogens is 329 g/mol. The maximum Gasteiger partial charge on any atom is 0.251 e. The molecule has 1 unspecified atom stereocenters. The SMILES string of the molecule is O=C1NCCc2ccc(C(Cl)c3cc(Cl)ccc3Cl)cc21. The zero-order valence-electron chi connectivity index (χ0n) is 11.0. The fourth-order valence-electron chi connectivity index (χ4n) is 2.48. The normalized spacial score (nSPS) is 15.3. The number of carbonyl (C=O) groups excluding carboxylic acids is 1. The molecule has 1 aliphatic heterocycles. The van der Waals surface area contributed by atoms with Gasteiger partial charge in [0.05, 0.1) is 5.38 Å². The average molecular weight is 341 g/mol. The Labute approximate surface area is 138 Å². The van der Waals surface area contributed by atoms with Gasteiger partial charge < -0.3 is 5.32 Å². The van der Waals surface area contributed by atoms with Crippen LogP contribution in [0.3, 0.4) is 0 Å². The van der Waals surface area contributed by atoms with Crippen LogP contribution < -0.4 is 5.32 Å². The van der Waals surface area contributed by atoms with Crippen LogP contribution in [0.25, 0.3) is 0 Å². The van der Waals surface area contributed by atoms with E-state index in [2.05, 4.69) is 5.32 Å². The Kier molecular flexibility index (Phi) is 4.12. The lowest BCUT2D eigenvalue weighted by atomic mass is 9.95. The summed E-state index contributed by atoms with van der Waals surface area (Å²) in [6.45, 7) is 0.676. The van der Waals surface area contributed by atoms with Gasteiger partial charge in [-0.15, -0.1) is 11.6 Å². The molecule has 1 heterocycles. The van der Waals surface area contributed by atoms with Crippen molar-refractivity contribution < 1.29 is 4.79 Å².